The largest absolute Gasteiger partial charge is 0.442 e. The Labute approximate surface area is 170 Å². The zero-order valence-corrected chi connectivity index (χ0v) is 16.3. The number of alkyl halides is 3. The minimum Gasteiger partial charge on any atom is -0.312 e. The lowest BCUT2D eigenvalue weighted by atomic mass is 10.1. The second-order valence-corrected chi connectivity index (χ2v) is 7.12. The molecule has 0 saturated heterocycles. The van der Waals surface area contributed by atoms with Crippen molar-refractivity contribution >= 4 is 29.3 Å². The highest BCUT2D eigenvalue weighted by atomic mass is 35.5. The van der Waals surface area contributed by atoms with E-state index in [2.05, 4.69) is 4.99 Å². The molecule has 2 aromatic carbocycles. The van der Waals surface area contributed by atoms with Crippen LogP contribution in [0.3, 0.4) is 0 Å². The van der Waals surface area contributed by atoms with Gasteiger partial charge in [0, 0.05) is 11.6 Å². The molecule has 1 heterocycles. The Morgan fingerprint density at radius 2 is 1.69 bits per heavy atom. The Kier molecular flexibility index (Phi) is 5.40. The highest BCUT2D eigenvalue weighted by Crippen LogP contribution is 2.39. The maximum absolute atomic E-state index is 14.2. The summed E-state index contributed by atoms with van der Waals surface area (Å²) in [6.07, 6.45) is -5.18. The number of halogens is 4. The topological polar surface area (TPSA) is 61.8 Å². The summed E-state index contributed by atoms with van der Waals surface area (Å²) in [6, 6.07) is 13.0. The number of aliphatic imine (C=N–C) groups is 1. The first kappa shape index (κ1) is 20.9. The van der Waals surface area contributed by atoms with Crippen molar-refractivity contribution in [3.8, 4) is 0 Å². The lowest BCUT2D eigenvalue weighted by Crippen LogP contribution is -2.64. The normalized spacial score (nSPS) is 19.5. The van der Waals surface area contributed by atoms with Crippen LogP contribution >= 0.6 is 11.6 Å². The van der Waals surface area contributed by atoms with Gasteiger partial charge in [0.05, 0.1) is 10.6 Å². The molecular weight excluding hydrogens is 407 g/mol. The standard InChI is InChI=1S/C20H17ClF3N3O2/c1-12(2)27-16(13-8-4-3-5-9-13)25-19(18(27)29,20(22,23)24)26-17(28)14-10-6-7-11-15(14)21/h3-12H,1-2H3,(H,26,28). The average molecular weight is 424 g/mol. The van der Waals surface area contributed by atoms with Crippen LogP contribution in [0.25, 0.3) is 0 Å². The number of amidine groups is 1. The van der Waals surface area contributed by atoms with Gasteiger partial charge in [-0.25, -0.2) is 4.99 Å². The monoisotopic (exact) mass is 423 g/mol. The lowest BCUT2D eigenvalue weighted by Gasteiger charge is -2.30. The molecule has 29 heavy (non-hydrogen) atoms. The third kappa shape index (κ3) is 3.60. The molecule has 0 aromatic heterocycles. The number of amides is 2. The Hall–Kier alpha value is -2.87. The molecule has 5 nitrogen and oxygen atoms in total. The number of nitrogens with zero attached hydrogens (tertiary/aromatic N) is 2. The highest BCUT2D eigenvalue weighted by molar-refractivity contribution is 6.34. The fraction of sp³-hybridized carbons (Fsp3) is 0.250. The summed E-state index contributed by atoms with van der Waals surface area (Å²) in [4.78, 5) is 30.3. The Morgan fingerprint density at radius 3 is 2.24 bits per heavy atom. The van der Waals surface area contributed by atoms with E-state index in [1.807, 2.05) is 0 Å². The van der Waals surface area contributed by atoms with Gasteiger partial charge in [-0.3, -0.25) is 14.5 Å². The SMILES string of the molecule is CC(C)N1C(=O)C(NC(=O)c2ccccc2Cl)(C(F)(F)F)N=C1c1ccccc1. The van der Waals surface area contributed by atoms with Gasteiger partial charge in [0.2, 0.25) is 0 Å². The van der Waals surface area contributed by atoms with Gasteiger partial charge in [-0.05, 0) is 26.0 Å². The molecule has 0 fully saturated rings. The molecule has 0 radical (unpaired) electrons. The number of hydrogen-bond acceptors (Lipinski definition) is 3. The molecule has 1 unspecified atom stereocenters. The van der Waals surface area contributed by atoms with Crippen molar-refractivity contribution in [1.29, 1.82) is 0 Å². The summed E-state index contributed by atoms with van der Waals surface area (Å²) in [7, 11) is 0. The Morgan fingerprint density at radius 1 is 1.10 bits per heavy atom. The number of carbonyl (C=O) groups excluding carboxylic acids is 2. The second kappa shape index (κ2) is 7.51. The van der Waals surface area contributed by atoms with E-state index in [4.69, 9.17) is 11.6 Å². The summed E-state index contributed by atoms with van der Waals surface area (Å²) < 4.78 is 42.5. The summed E-state index contributed by atoms with van der Waals surface area (Å²) in [6.45, 7) is 3.14. The molecule has 0 spiro atoms. The fourth-order valence-electron chi connectivity index (χ4n) is 3.01. The summed E-state index contributed by atoms with van der Waals surface area (Å²) in [5.74, 6) is -2.69. The summed E-state index contributed by atoms with van der Waals surface area (Å²) in [5, 5.41) is 1.76. The van der Waals surface area contributed by atoms with Gasteiger partial charge in [0.15, 0.2) is 0 Å². The van der Waals surface area contributed by atoms with Crippen LogP contribution < -0.4 is 5.32 Å². The molecule has 0 bridgehead atoms. The average Bonchev–Trinajstić information content (AvgIpc) is 2.96. The Bertz CT molecular complexity index is 976. The molecule has 1 aliphatic heterocycles. The van der Waals surface area contributed by atoms with E-state index >= 15 is 0 Å². The molecule has 1 N–H and O–H groups in total. The van der Waals surface area contributed by atoms with E-state index in [0.717, 1.165) is 4.90 Å². The van der Waals surface area contributed by atoms with E-state index in [1.165, 1.54) is 24.3 Å². The van der Waals surface area contributed by atoms with Crippen molar-refractivity contribution in [1.82, 2.24) is 10.2 Å². The van der Waals surface area contributed by atoms with E-state index in [0.29, 0.717) is 5.56 Å². The van der Waals surface area contributed by atoms with E-state index < -0.39 is 29.7 Å². The van der Waals surface area contributed by atoms with Crippen molar-refractivity contribution in [2.45, 2.75) is 31.7 Å². The van der Waals surface area contributed by atoms with Gasteiger partial charge in [-0.1, -0.05) is 54.1 Å². The van der Waals surface area contributed by atoms with Gasteiger partial charge in [0.25, 0.3) is 11.8 Å². The van der Waals surface area contributed by atoms with Gasteiger partial charge >= 0.3 is 11.8 Å². The summed E-state index contributed by atoms with van der Waals surface area (Å²) in [5.41, 5.74) is -3.31. The maximum Gasteiger partial charge on any atom is 0.442 e. The fourth-order valence-corrected chi connectivity index (χ4v) is 3.24. The van der Waals surface area contributed by atoms with Crippen LogP contribution in [0.1, 0.15) is 29.8 Å². The molecular formula is C20H17ClF3N3O2. The van der Waals surface area contributed by atoms with Crippen molar-refractivity contribution in [3.05, 3.63) is 70.7 Å². The number of nitrogens with one attached hydrogen (secondary N) is 1. The maximum atomic E-state index is 14.2. The molecule has 0 aliphatic carbocycles. The minimum absolute atomic E-state index is 0.0410. The van der Waals surface area contributed by atoms with Gasteiger partial charge in [-0.15, -0.1) is 0 Å². The number of hydrogen-bond donors (Lipinski definition) is 1. The van der Waals surface area contributed by atoms with Gasteiger partial charge in [-0.2, -0.15) is 13.2 Å². The van der Waals surface area contributed by atoms with Crippen LogP contribution in [0, 0.1) is 0 Å². The van der Waals surface area contributed by atoms with E-state index in [9.17, 15) is 22.8 Å². The summed E-state index contributed by atoms with van der Waals surface area (Å²) >= 11 is 5.93. The zero-order chi connectivity index (χ0) is 21.4. The first-order valence-electron chi connectivity index (χ1n) is 8.71. The molecule has 1 atom stereocenters. The van der Waals surface area contributed by atoms with Gasteiger partial charge < -0.3 is 5.32 Å². The van der Waals surface area contributed by atoms with E-state index in [-0.39, 0.29) is 16.4 Å². The van der Waals surface area contributed by atoms with Crippen LogP contribution in [0.4, 0.5) is 13.2 Å². The molecule has 152 valence electrons. The molecule has 2 amide bonds. The first-order chi connectivity index (χ1) is 13.6. The second-order valence-electron chi connectivity index (χ2n) is 6.71. The van der Waals surface area contributed by atoms with Crippen LogP contribution in [0.5, 0.6) is 0 Å². The number of rotatable bonds is 4. The Balaban J connectivity index is 2.14. The van der Waals surface area contributed by atoms with Crippen LogP contribution in [0.2, 0.25) is 5.02 Å². The van der Waals surface area contributed by atoms with Gasteiger partial charge in [0.1, 0.15) is 5.84 Å². The smallest absolute Gasteiger partial charge is 0.312 e. The van der Waals surface area contributed by atoms with Crippen molar-refractivity contribution < 1.29 is 22.8 Å². The van der Waals surface area contributed by atoms with E-state index in [1.54, 1.807) is 49.5 Å². The van der Waals surface area contributed by atoms with Crippen LogP contribution in [-0.4, -0.2) is 40.4 Å². The lowest BCUT2D eigenvalue weighted by molar-refractivity contribution is -0.196. The molecule has 9 heteroatoms. The van der Waals surface area contributed by atoms with Crippen LogP contribution in [0.15, 0.2) is 59.6 Å². The molecule has 3 rings (SSSR count). The number of benzene rings is 2. The van der Waals surface area contributed by atoms with Crippen molar-refractivity contribution in [3.63, 3.8) is 0 Å². The molecule has 0 saturated carbocycles. The number of carbonyl (C=O) groups is 2. The highest BCUT2D eigenvalue weighted by Gasteiger charge is 2.67. The molecule has 1 aliphatic rings. The van der Waals surface area contributed by atoms with Crippen molar-refractivity contribution in [2.24, 2.45) is 4.99 Å². The third-order valence-corrected chi connectivity index (χ3v) is 4.73. The quantitative estimate of drug-likeness (QED) is 0.807. The minimum atomic E-state index is -5.18. The zero-order valence-electron chi connectivity index (χ0n) is 15.5. The first-order valence-corrected chi connectivity index (χ1v) is 9.09. The van der Waals surface area contributed by atoms with Crippen molar-refractivity contribution in [2.75, 3.05) is 0 Å². The third-order valence-electron chi connectivity index (χ3n) is 4.40. The molecule has 2 aromatic rings. The van der Waals surface area contributed by atoms with Crippen LogP contribution in [-0.2, 0) is 4.79 Å². The predicted molar refractivity (Wildman–Crippen MR) is 103 cm³/mol. The predicted octanol–water partition coefficient (Wildman–Crippen LogP) is 4.03.